The fourth-order valence-corrected chi connectivity index (χ4v) is 4.50. The molecule has 0 spiro atoms. The average molecular weight is 361 g/mol. The Balaban J connectivity index is 2.09. The van der Waals surface area contributed by atoms with Gasteiger partial charge in [-0.2, -0.15) is 0 Å². The predicted octanol–water partition coefficient (Wildman–Crippen LogP) is 2.79. The van der Waals surface area contributed by atoms with E-state index < -0.39 is 10.0 Å². The molecule has 2 aromatic carbocycles. The molecule has 2 aromatic rings. The first-order valence-electron chi connectivity index (χ1n) is 7.77. The van der Waals surface area contributed by atoms with E-state index in [2.05, 4.69) is 0 Å². The van der Waals surface area contributed by atoms with Crippen LogP contribution in [0.5, 0.6) is 11.5 Å². The van der Waals surface area contributed by atoms with Crippen molar-refractivity contribution in [2.75, 3.05) is 25.1 Å². The highest BCUT2D eigenvalue weighted by atomic mass is 32.2. The summed E-state index contributed by atoms with van der Waals surface area (Å²) in [5.74, 6) is 1.05. The molecule has 1 heterocycles. The van der Waals surface area contributed by atoms with Crippen molar-refractivity contribution in [3.63, 3.8) is 0 Å². The summed E-state index contributed by atoms with van der Waals surface area (Å²) in [5.41, 5.74) is 1.47. The lowest BCUT2D eigenvalue weighted by Crippen LogP contribution is -2.37. The van der Waals surface area contributed by atoms with E-state index >= 15 is 0 Å². The van der Waals surface area contributed by atoms with E-state index in [4.69, 9.17) is 9.47 Å². The zero-order chi connectivity index (χ0) is 18.2. The second-order valence-corrected chi connectivity index (χ2v) is 7.63. The zero-order valence-electron chi connectivity index (χ0n) is 14.3. The van der Waals surface area contributed by atoms with Crippen LogP contribution < -0.4 is 13.8 Å². The Morgan fingerprint density at radius 2 is 1.80 bits per heavy atom. The lowest BCUT2D eigenvalue weighted by atomic mass is 10.0. The minimum Gasteiger partial charge on any atom is -0.497 e. The number of hydrogen-bond donors (Lipinski definition) is 0. The first-order valence-corrected chi connectivity index (χ1v) is 9.21. The number of nitrogens with zero attached hydrogens (tertiary/aromatic N) is 1. The molecule has 0 radical (unpaired) electrons. The van der Waals surface area contributed by atoms with Gasteiger partial charge in [0.15, 0.2) is 5.78 Å². The zero-order valence-corrected chi connectivity index (χ0v) is 15.1. The number of benzene rings is 2. The van der Waals surface area contributed by atoms with Gasteiger partial charge in [0.2, 0.25) is 0 Å². The maximum Gasteiger partial charge on any atom is 0.264 e. The number of ether oxygens (including phenoxy) is 2. The fraction of sp³-hybridized carbons (Fsp3) is 0.278. The summed E-state index contributed by atoms with van der Waals surface area (Å²) >= 11 is 0. The number of methoxy groups -OCH3 is 2. The third-order valence-corrected chi connectivity index (χ3v) is 6.08. The van der Waals surface area contributed by atoms with Crippen LogP contribution in [0, 0.1) is 6.92 Å². The summed E-state index contributed by atoms with van der Waals surface area (Å²) in [6.45, 7) is 1.90. The number of fused-ring (bicyclic) bond motifs is 1. The standard InChI is InChI=1S/C18H19NO5S/c1-12-10-14(5-7-18(12)24-3)25(21,22)19-9-8-17(20)15-11-13(23-2)4-6-16(15)19/h4-7,10-11H,8-9H2,1-3H3. The van der Waals surface area contributed by atoms with Crippen LogP contribution in [0.25, 0.3) is 0 Å². The Morgan fingerprint density at radius 3 is 2.44 bits per heavy atom. The summed E-state index contributed by atoms with van der Waals surface area (Å²) in [6, 6.07) is 9.57. The van der Waals surface area contributed by atoms with Gasteiger partial charge in [0.25, 0.3) is 10.0 Å². The maximum atomic E-state index is 13.1. The van der Waals surface area contributed by atoms with Crippen LogP contribution in [0.3, 0.4) is 0 Å². The van der Waals surface area contributed by atoms with Crippen LogP contribution in [-0.4, -0.2) is 35.0 Å². The highest BCUT2D eigenvalue weighted by Crippen LogP contribution is 2.35. The molecule has 0 aromatic heterocycles. The van der Waals surface area contributed by atoms with Crippen molar-refractivity contribution >= 4 is 21.5 Å². The van der Waals surface area contributed by atoms with Gasteiger partial charge in [0.1, 0.15) is 11.5 Å². The molecule has 3 rings (SSSR count). The van der Waals surface area contributed by atoms with Crippen molar-refractivity contribution in [2.45, 2.75) is 18.2 Å². The van der Waals surface area contributed by atoms with E-state index in [1.165, 1.54) is 24.6 Å². The third-order valence-electron chi connectivity index (χ3n) is 4.27. The van der Waals surface area contributed by atoms with Crippen molar-refractivity contribution in [2.24, 2.45) is 0 Å². The molecule has 0 unspecified atom stereocenters. The van der Waals surface area contributed by atoms with Gasteiger partial charge in [0.05, 0.1) is 24.8 Å². The molecule has 0 N–H and O–H groups in total. The van der Waals surface area contributed by atoms with E-state index in [-0.39, 0.29) is 23.6 Å². The van der Waals surface area contributed by atoms with Gasteiger partial charge in [-0.05, 0) is 48.9 Å². The van der Waals surface area contributed by atoms with E-state index in [0.29, 0.717) is 22.7 Å². The molecule has 25 heavy (non-hydrogen) atoms. The summed E-state index contributed by atoms with van der Waals surface area (Å²) in [4.78, 5) is 12.4. The summed E-state index contributed by atoms with van der Waals surface area (Å²) in [6.07, 6.45) is 0.133. The first-order chi connectivity index (χ1) is 11.9. The van der Waals surface area contributed by atoms with Gasteiger partial charge in [-0.15, -0.1) is 0 Å². The van der Waals surface area contributed by atoms with E-state index in [0.717, 1.165) is 5.56 Å². The average Bonchev–Trinajstić information content (AvgIpc) is 2.61. The Bertz CT molecular complexity index is 936. The van der Waals surface area contributed by atoms with Gasteiger partial charge in [0, 0.05) is 18.5 Å². The van der Waals surface area contributed by atoms with Crippen molar-refractivity contribution in [3.05, 3.63) is 47.5 Å². The highest BCUT2D eigenvalue weighted by Gasteiger charge is 2.32. The van der Waals surface area contributed by atoms with Crippen LogP contribution in [-0.2, 0) is 10.0 Å². The molecule has 1 aliphatic rings. The van der Waals surface area contributed by atoms with Crippen molar-refractivity contribution in [3.8, 4) is 11.5 Å². The number of carbonyl (C=O) groups is 1. The quantitative estimate of drug-likeness (QED) is 0.837. The molecule has 0 bridgehead atoms. The highest BCUT2D eigenvalue weighted by molar-refractivity contribution is 7.92. The number of Topliss-reactive ketones (excluding diaryl/α,β-unsaturated/α-hetero) is 1. The van der Waals surface area contributed by atoms with E-state index in [9.17, 15) is 13.2 Å². The second-order valence-electron chi connectivity index (χ2n) is 5.76. The molecule has 0 saturated heterocycles. The molecule has 6 nitrogen and oxygen atoms in total. The molecular weight excluding hydrogens is 342 g/mol. The Labute approximate surface area is 147 Å². The molecule has 1 aliphatic heterocycles. The van der Waals surface area contributed by atoms with Crippen molar-refractivity contribution < 1.29 is 22.7 Å². The maximum absolute atomic E-state index is 13.1. The monoisotopic (exact) mass is 361 g/mol. The summed E-state index contributed by atoms with van der Waals surface area (Å²) in [5, 5.41) is 0. The Kier molecular flexibility index (Phi) is 4.43. The lowest BCUT2D eigenvalue weighted by Gasteiger charge is -2.30. The molecule has 0 aliphatic carbocycles. The van der Waals surface area contributed by atoms with Crippen LogP contribution in [0.2, 0.25) is 0 Å². The normalized spacial score (nSPS) is 14.2. The third kappa shape index (κ3) is 2.95. The number of hydrogen-bond acceptors (Lipinski definition) is 5. The molecule has 0 amide bonds. The van der Waals surface area contributed by atoms with Gasteiger partial charge >= 0.3 is 0 Å². The lowest BCUT2D eigenvalue weighted by molar-refractivity contribution is 0.0981. The molecule has 0 fully saturated rings. The molecule has 0 atom stereocenters. The molecule has 7 heteroatoms. The van der Waals surface area contributed by atoms with Crippen LogP contribution >= 0.6 is 0 Å². The molecule has 132 valence electrons. The van der Waals surface area contributed by atoms with Crippen molar-refractivity contribution in [1.82, 2.24) is 0 Å². The first kappa shape index (κ1) is 17.3. The smallest absolute Gasteiger partial charge is 0.264 e. The van der Waals surface area contributed by atoms with Crippen LogP contribution in [0.1, 0.15) is 22.3 Å². The largest absolute Gasteiger partial charge is 0.497 e. The SMILES string of the molecule is COc1ccc2c(c1)C(=O)CCN2S(=O)(=O)c1ccc(OC)c(C)c1. The molecule has 0 saturated carbocycles. The van der Waals surface area contributed by atoms with Gasteiger partial charge < -0.3 is 9.47 Å². The van der Waals surface area contributed by atoms with Gasteiger partial charge in [-0.3, -0.25) is 9.10 Å². The second kappa shape index (κ2) is 6.40. The summed E-state index contributed by atoms with van der Waals surface area (Å²) < 4.78 is 37.8. The number of rotatable bonds is 4. The number of sulfonamides is 1. The predicted molar refractivity (Wildman–Crippen MR) is 94.2 cm³/mol. The number of anilines is 1. The minimum atomic E-state index is -3.78. The summed E-state index contributed by atoms with van der Waals surface area (Å²) in [7, 11) is -0.739. The van der Waals surface area contributed by atoms with Gasteiger partial charge in [-0.25, -0.2) is 8.42 Å². The van der Waals surface area contributed by atoms with Gasteiger partial charge in [-0.1, -0.05) is 0 Å². The fourth-order valence-electron chi connectivity index (χ4n) is 2.93. The minimum absolute atomic E-state index is 0.0914. The number of ketones is 1. The van der Waals surface area contributed by atoms with E-state index in [1.54, 1.807) is 37.3 Å². The number of carbonyl (C=O) groups excluding carboxylic acids is 1. The van der Waals surface area contributed by atoms with Crippen molar-refractivity contribution in [1.29, 1.82) is 0 Å². The molecular formula is C18H19NO5S. The Morgan fingerprint density at radius 1 is 1.04 bits per heavy atom. The van der Waals surface area contributed by atoms with E-state index in [1.807, 2.05) is 0 Å². The van der Waals surface area contributed by atoms with Crippen LogP contribution in [0.15, 0.2) is 41.3 Å². The topological polar surface area (TPSA) is 72.9 Å². The number of aryl methyl sites for hydroxylation is 1. The Hall–Kier alpha value is -2.54. The van der Waals surface area contributed by atoms with Crippen LogP contribution in [0.4, 0.5) is 5.69 Å².